The lowest BCUT2D eigenvalue weighted by atomic mass is 9.92. The highest BCUT2D eigenvalue weighted by atomic mass is 16.5. The van der Waals surface area contributed by atoms with E-state index in [0.717, 1.165) is 11.3 Å². The Bertz CT molecular complexity index is 866. The van der Waals surface area contributed by atoms with Crippen molar-refractivity contribution >= 4 is 35.3 Å². The van der Waals surface area contributed by atoms with Gasteiger partial charge in [0.25, 0.3) is 11.8 Å². The molecule has 1 atom stereocenters. The first-order valence-corrected chi connectivity index (χ1v) is 9.72. The molecule has 0 radical (unpaired) electrons. The normalized spacial score (nSPS) is 18.4. The van der Waals surface area contributed by atoms with Gasteiger partial charge >= 0.3 is 12.0 Å². The number of carbonyl (C=O) groups excluding carboxylic acids is 5. The third kappa shape index (κ3) is 5.88. The van der Waals surface area contributed by atoms with Gasteiger partial charge in [0.15, 0.2) is 12.4 Å². The van der Waals surface area contributed by atoms with E-state index in [1.165, 1.54) is 13.0 Å². The van der Waals surface area contributed by atoms with Crippen molar-refractivity contribution in [2.24, 2.45) is 5.92 Å². The Hall–Kier alpha value is -3.23. The van der Waals surface area contributed by atoms with Crippen LogP contribution in [0.1, 0.15) is 50.9 Å². The van der Waals surface area contributed by atoms with E-state index < -0.39 is 42.5 Å². The fourth-order valence-corrected chi connectivity index (χ4v) is 2.97. The Morgan fingerprint density at radius 2 is 1.93 bits per heavy atom. The van der Waals surface area contributed by atoms with Crippen molar-refractivity contribution in [2.75, 3.05) is 18.5 Å². The topological polar surface area (TPSA) is 122 Å². The van der Waals surface area contributed by atoms with E-state index in [0.29, 0.717) is 23.6 Å². The van der Waals surface area contributed by atoms with Crippen molar-refractivity contribution < 1.29 is 28.7 Å². The molecule has 1 saturated heterocycles. The summed E-state index contributed by atoms with van der Waals surface area (Å²) in [5, 5.41) is 5.14. The predicted octanol–water partition coefficient (Wildman–Crippen LogP) is 2.12. The van der Waals surface area contributed by atoms with E-state index in [-0.39, 0.29) is 5.78 Å². The third-order valence-corrected chi connectivity index (χ3v) is 4.77. The average molecular weight is 417 g/mol. The molecule has 0 bridgehead atoms. The minimum atomic E-state index is -1.05. The minimum absolute atomic E-state index is 0.147. The van der Waals surface area contributed by atoms with Crippen LogP contribution in [-0.2, 0) is 19.1 Å². The molecule has 1 aromatic rings. The smallest absolute Gasteiger partial charge is 0.326 e. The lowest BCUT2D eigenvalue weighted by Gasteiger charge is -2.22. The molecule has 2 rings (SSSR count). The average Bonchev–Trinajstić information content (AvgIpc) is 2.88. The van der Waals surface area contributed by atoms with Gasteiger partial charge in [-0.3, -0.25) is 24.1 Å². The van der Waals surface area contributed by atoms with Gasteiger partial charge in [-0.25, -0.2) is 4.79 Å². The van der Waals surface area contributed by atoms with Gasteiger partial charge in [-0.1, -0.05) is 26.0 Å². The molecule has 30 heavy (non-hydrogen) atoms. The Morgan fingerprint density at radius 3 is 2.57 bits per heavy atom. The maximum absolute atomic E-state index is 12.6. The summed E-state index contributed by atoms with van der Waals surface area (Å²) in [5.41, 5.74) is -0.233. The van der Waals surface area contributed by atoms with Crippen LogP contribution < -0.4 is 10.6 Å². The molecule has 1 fully saturated rings. The third-order valence-electron chi connectivity index (χ3n) is 4.77. The highest BCUT2D eigenvalue weighted by Gasteiger charge is 2.48. The van der Waals surface area contributed by atoms with Crippen molar-refractivity contribution in [3.63, 3.8) is 0 Å². The Morgan fingerprint density at radius 1 is 1.23 bits per heavy atom. The zero-order valence-electron chi connectivity index (χ0n) is 17.6. The second-order valence-electron chi connectivity index (χ2n) is 7.93. The summed E-state index contributed by atoms with van der Waals surface area (Å²) in [7, 11) is 0. The first-order chi connectivity index (χ1) is 14.0. The van der Waals surface area contributed by atoms with E-state index in [1.54, 1.807) is 25.1 Å². The van der Waals surface area contributed by atoms with Gasteiger partial charge in [-0.15, -0.1) is 0 Å². The van der Waals surface area contributed by atoms with Crippen molar-refractivity contribution in [3.8, 4) is 0 Å². The number of hydrogen-bond donors (Lipinski definition) is 2. The van der Waals surface area contributed by atoms with Crippen LogP contribution in [0.3, 0.4) is 0 Å². The summed E-state index contributed by atoms with van der Waals surface area (Å²) < 4.78 is 4.89. The molecule has 1 aliphatic rings. The summed E-state index contributed by atoms with van der Waals surface area (Å²) in [6, 6.07) is 5.68. The number of carbonyl (C=O) groups is 5. The van der Waals surface area contributed by atoms with Crippen molar-refractivity contribution in [1.29, 1.82) is 0 Å². The van der Waals surface area contributed by atoms with Crippen LogP contribution in [0.5, 0.6) is 0 Å². The zero-order valence-corrected chi connectivity index (χ0v) is 17.6. The van der Waals surface area contributed by atoms with Crippen LogP contribution in [0.2, 0.25) is 0 Å². The molecule has 1 heterocycles. The van der Waals surface area contributed by atoms with Crippen LogP contribution >= 0.6 is 0 Å². The Labute approximate surface area is 175 Å². The number of nitrogens with zero attached hydrogens (tertiary/aromatic N) is 1. The molecule has 1 aliphatic heterocycles. The van der Waals surface area contributed by atoms with Crippen LogP contribution in [-0.4, -0.2) is 53.2 Å². The lowest BCUT2D eigenvalue weighted by Crippen LogP contribution is -2.44. The highest BCUT2D eigenvalue weighted by molar-refractivity contribution is 6.08. The molecule has 162 valence electrons. The maximum Gasteiger partial charge on any atom is 0.326 e. The van der Waals surface area contributed by atoms with Crippen molar-refractivity contribution in [1.82, 2.24) is 10.2 Å². The molecule has 0 saturated carbocycles. The standard InChI is InChI=1S/C21H27N3O6/c1-13(2)8-9-21(4)19(28)24(20(29)23-21)11-18(27)30-12-17(26)22-16-7-5-6-15(10-16)14(3)25/h5-7,10,13H,8-9,11-12H2,1-4H3,(H,22,26)(H,23,29)/t21-/m0/s1. The van der Waals surface area contributed by atoms with E-state index >= 15 is 0 Å². The monoisotopic (exact) mass is 417 g/mol. The quantitative estimate of drug-likeness (QED) is 0.361. The highest BCUT2D eigenvalue weighted by Crippen LogP contribution is 2.24. The number of amides is 4. The summed E-state index contributed by atoms with van der Waals surface area (Å²) >= 11 is 0. The molecular formula is C21H27N3O6. The summed E-state index contributed by atoms with van der Waals surface area (Å²) in [6.07, 6.45) is 1.20. The van der Waals surface area contributed by atoms with Gasteiger partial charge in [-0.2, -0.15) is 0 Å². The molecule has 2 N–H and O–H groups in total. The van der Waals surface area contributed by atoms with Crippen LogP contribution in [0.4, 0.5) is 10.5 Å². The van der Waals surface area contributed by atoms with Gasteiger partial charge < -0.3 is 15.4 Å². The summed E-state index contributed by atoms with van der Waals surface area (Å²) in [6.45, 7) is 5.91. The molecule has 9 nitrogen and oxygen atoms in total. The number of ketones is 1. The molecule has 0 aromatic heterocycles. The molecule has 0 spiro atoms. The molecule has 9 heteroatoms. The fourth-order valence-electron chi connectivity index (χ4n) is 2.97. The second-order valence-corrected chi connectivity index (χ2v) is 7.93. The van der Waals surface area contributed by atoms with Crippen molar-refractivity contribution in [3.05, 3.63) is 29.8 Å². The van der Waals surface area contributed by atoms with E-state index in [9.17, 15) is 24.0 Å². The number of esters is 1. The van der Waals surface area contributed by atoms with Crippen LogP contribution in [0.25, 0.3) is 0 Å². The van der Waals surface area contributed by atoms with E-state index in [4.69, 9.17) is 4.74 Å². The summed E-state index contributed by atoms with van der Waals surface area (Å²) in [4.78, 5) is 60.9. The van der Waals surface area contributed by atoms with E-state index in [1.807, 2.05) is 13.8 Å². The maximum atomic E-state index is 12.6. The van der Waals surface area contributed by atoms with Crippen LogP contribution in [0, 0.1) is 5.92 Å². The largest absolute Gasteiger partial charge is 0.454 e. The Balaban J connectivity index is 1.86. The number of anilines is 1. The second kappa shape index (κ2) is 9.51. The predicted molar refractivity (Wildman–Crippen MR) is 109 cm³/mol. The first kappa shape index (κ1) is 23.1. The van der Waals surface area contributed by atoms with Gasteiger partial charge in [0.1, 0.15) is 12.1 Å². The van der Waals surface area contributed by atoms with Gasteiger partial charge in [0.2, 0.25) is 0 Å². The van der Waals surface area contributed by atoms with Gasteiger partial charge in [0.05, 0.1) is 0 Å². The number of benzene rings is 1. The molecule has 4 amide bonds. The molecule has 0 aliphatic carbocycles. The van der Waals surface area contributed by atoms with Gasteiger partial charge in [0, 0.05) is 11.3 Å². The number of hydrogen-bond acceptors (Lipinski definition) is 6. The molecule has 0 unspecified atom stereocenters. The number of rotatable bonds is 9. The zero-order chi connectivity index (χ0) is 22.5. The van der Waals surface area contributed by atoms with Gasteiger partial charge in [-0.05, 0) is 44.7 Å². The number of nitrogens with one attached hydrogen (secondary N) is 2. The SMILES string of the molecule is CC(=O)c1cccc(NC(=O)COC(=O)CN2C(=O)N[C@@](C)(CCC(C)C)C2=O)c1. The van der Waals surface area contributed by atoms with E-state index in [2.05, 4.69) is 10.6 Å². The number of Topliss-reactive ketones (excluding diaryl/α,β-unsaturated/α-hetero) is 1. The molecule has 1 aromatic carbocycles. The lowest BCUT2D eigenvalue weighted by molar-refractivity contribution is -0.150. The number of urea groups is 1. The molecular weight excluding hydrogens is 390 g/mol. The number of imide groups is 1. The first-order valence-electron chi connectivity index (χ1n) is 9.72. The minimum Gasteiger partial charge on any atom is -0.454 e. The van der Waals surface area contributed by atoms with Crippen molar-refractivity contribution in [2.45, 2.75) is 46.1 Å². The fraction of sp³-hybridized carbons (Fsp3) is 0.476. The van der Waals surface area contributed by atoms with Crippen LogP contribution in [0.15, 0.2) is 24.3 Å². The number of ether oxygens (including phenoxy) is 1. The Kier molecular flexibility index (Phi) is 7.31. The summed E-state index contributed by atoms with van der Waals surface area (Å²) in [5.74, 6) is -1.76.